The van der Waals surface area contributed by atoms with Gasteiger partial charge in [0.2, 0.25) is 15.9 Å². The number of rotatable bonds is 8. The van der Waals surface area contributed by atoms with Gasteiger partial charge >= 0.3 is 0 Å². The van der Waals surface area contributed by atoms with Gasteiger partial charge in [0.25, 0.3) is 0 Å². The Kier molecular flexibility index (Phi) is 6.30. The van der Waals surface area contributed by atoms with E-state index < -0.39 is 10.0 Å². The van der Waals surface area contributed by atoms with Crippen LogP contribution in [0.4, 0.5) is 0 Å². The van der Waals surface area contributed by atoms with E-state index in [2.05, 4.69) is 29.2 Å². The fraction of sp³-hybridized carbons (Fsp3) is 0.400. The Morgan fingerprint density at radius 3 is 2.32 bits per heavy atom. The van der Waals surface area contributed by atoms with E-state index in [-0.39, 0.29) is 16.8 Å². The lowest BCUT2D eigenvalue weighted by Crippen LogP contribution is -2.34. The topological polar surface area (TPSA) is 57.7 Å². The molecule has 5 nitrogen and oxygen atoms in total. The zero-order valence-electron chi connectivity index (χ0n) is 18.2. The Morgan fingerprint density at radius 2 is 1.68 bits per heavy atom. The zero-order valence-corrected chi connectivity index (χ0v) is 19.0. The molecule has 2 aliphatic rings. The fourth-order valence-electron chi connectivity index (χ4n) is 4.48. The Bertz CT molecular complexity index is 1070. The molecule has 2 aliphatic carbocycles. The third-order valence-electron chi connectivity index (χ3n) is 6.27. The van der Waals surface area contributed by atoms with Gasteiger partial charge in [0.1, 0.15) is 0 Å². The van der Waals surface area contributed by atoms with Crippen LogP contribution in [0.2, 0.25) is 0 Å². The van der Waals surface area contributed by atoms with Gasteiger partial charge in [-0.2, -0.15) is 4.31 Å². The highest BCUT2D eigenvalue weighted by Gasteiger charge is 2.39. The predicted molar refractivity (Wildman–Crippen MR) is 123 cm³/mol. The molecule has 1 unspecified atom stereocenters. The molecule has 0 heterocycles. The highest BCUT2D eigenvalue weighted by molar-refractivity contribution is 7.89. The summed E-state index contributed by atoms with van der Waals surface area (Å²) in [5, 5.41) is 0. The average Bonchev–Trinajstić information content (AvgIpc) is 3.52. The molecule has 4 rings (SSSR count). The number of carbonyl (C=O) groups excluding carboxylic acids is 1. The molecular weight excluding hydrogens is 408 g/mol. The van der Waals surface area contributed by atoms with E-state index in [4.69, 9.17) is 0 Å². The molecule has 2 aromatic carbocycles. The van der Waals surface area contributed by atoms with Gasteiger partial charge in [0.15, 0.2) is 0 Å². The van der Waals surface area contributed by atoms with E-state index >= 15 is 0 Å². The summed E-state index contributed by atoms with van der Waals surface area (Å²) in [5.41, 5.74) is 3.44. The van der Waals surface area contributed by atoms with Crippen LogP contribution < -0.4 is 0 Å². The van der Waals surface area contributed by atoms with E-state index in [1.807, 2.05) is 13.8 Å². The van der Waals surface area contributed by atoms with E-state index in [1.54, 1.807) is 36.4 Å². The van der Waals surface area contributed by atoms with Gasteiger partial charge in [-0.1, -0.05) is 50.2 Å². The lowest BCUT2D eigenvalue weighted by molar-refractivity contribution is -0.129. The quantitative estimate of drug-likeness (QED) is 0.574. The van der Waals surface area contributed by atoms with Crippen LogP contribution in [0.15, 0.2) is 59.5 Å². The highest BCUT2D eigenvalue weighted by atomic mass is 32.2. The van der Waals surface area contributed by atoms with Crippen LogP contribution in [0, 0.1) is 0 Å². The smallest absolute Gasteiger partial charge is 0.247 e. The normalized spacial score (nSPS) is 18.5. The second-order valence-electron chi connectivity index (χ2n) is 8.22. The molecule has 1 fully saturated rings. The number of amides is 1. The summed E-state index contributed by atoms with van der Waals surface area (Å²) in [7, 11) is -3.47. The number of hydrogen-bond acceptors (Lipinski definition) is 3. The molecule has 0 spiro atoms. The molecule has 31 heavy (non-hydrogen) atoms. The monoisotopic (exact) mass is 438 g/mol. The lowest BCUT2D eigenvalue weighted by atomic mass is 10.1. The molecule has 0 N–H and O–H groups in total. The first-order valence-corrected chi connectivity index (χ1v) is 12.6. The summed E-state index contributed by atoms with van der Waals surface area (Å²) in [6.07, 6.45) is 7.54. The molecular formula is C25H30N2O3S. The van der Waals surface area contributed by atoms with Crippen molar-refractivity contribution in [3.05, 3.63) is 71.3 Å². The minimum atomic E-state index is -3.47. The first-order valence-electron chi connectivity index (χ1n) is 11.1. The lowest BCUT2D eigenvalue weighted by Gasteiger charge is -2.29. The maximum absolute atomic E-state index is 13.1. The van der Waals surface area contributed by atoms with Crippen LogP contribution in [0.5, 0.6) is 0 Å². The van der Waals surface area contributed by atoms with Crippen molar-refractivity contribution in [3.8, 4) is 0 Å². The molecule has 2 aromatic rings. The third-order valence-corrected chi connectivity index (χ3v) is 8.34. The van der Waals surface area contributed by atoms with Gasteiger partial charge in [-0.05, 0) is 60.6 Å². The van der Waals surface area contributed by atoms with Gasteiger partial charge in [-0.15, -0.1) is 0 Å². The van der Waals surface area contributed by atoms with E-state index in [9.17, 15) is 13.2 Å². The van der Waals surface area contributed by atoms with Crippen LogP contribution in [0.3, 0.4) is 0 Å². The van der Waals surface area contributed by atoms with Crippen molar-refractivity contribution in [2.75, 3.05) is 13.1 Å². The molecule has 6 heteroatoms. The van der Waals surface area contributed by atoms with Crippen LogP contribution in [0.25, 0.3) is 6.08 Å². The zero-order chi connectivity index (χ0) is 22.0. The number of fused-ring (bicyclic) bond motifs is 1. The van der Waals surface area contributed by atoms with Crippen LogP contribution in [0.1, 0.15) is 55.8 Å². The van der Waals surface area contributed by atoms with E-state index in [1.165, 1.54) is 15.4 Å². The third kappa shape index (κ3) is 4.46. The number of sulfonamides is 1. The van der Waals surface area contributed by atoms with Crippen molar-refractivity contribution in [2.45, 2.75) is 56.5 Å². The number of hydrogen-bond donors (Lipinski definition) is 0. The summed E-state index contributed by atoms with van der Waals surface area (Å²) < 4.78 is 26.7. The minimum absolute atomic E-state index is 0.0315. The van der Waals surface area contributed by atoms with Gasteiger partial charge in [-0.3, -0.25) is 4.79 Å². The summed E-state index contributed by atoms with van der Waals surface area (Å²) in [5.74, 6) is 0.0315. The van der Waals surface area contributed by atoms with Crippen LogP contribution in [-0.2, 0) is 21.2 Å². The maximum atomic E-state index is 13.1. The summed E-state index contributed by atoms with van der Waals surface area (Å²) in [4.78, 5) is 15.5. The predicted octanol–water partition coefficient (Wildman–Crippen LogP) is 4.41. The summed E-state index contributed by atoms with van der Waals surface area (Å²) in [6, 6.07) is 15.7. The van der Waals surface area contributed by atoms with E-state index in [0.717, 1.165) is 31.2 Å². The van der Waals surface area contributed by atoms with Crippen molar-refractivity contribution in [1.82, 2.24) is 9.21 Å². The first kappa shape index (κ1) is 21.8. The Balaban J connectivity index is 1.50. The van der Waals surface area contributed by atoms with Crippen molar-refractivity contribution in [1.29, 1.82) is 0 Å². The average molecular weight is 439 g/mol. The SMILES string of the molecule is CCN(CC)S(=O)(=O)c1ccc(/C=C/C(=O)N(C2CC2)C2CCc3ccccc32)cc1. The van der Waals surface area contributed by atoms with Crippen molar-refractivity contribution >= 4 is 22.0 Å². The Morgan fingerprint density at radius 1 is 1.00 bits per heavy atom. The summed E-state index contributed by atoms with van der Waals surface area (Å²) in [6.45, 7) is 4.54. The van der Waals surface area contributed by atoms with Crippen LogP contribution in [-0.4, -0.2) is 42.7 Å². The molecule has 1 amide bonds. The molecule has 1 saturated carbocycles. The van der Waals surface area contributed by atoms with Gasteiger partial charge < -0.3 is 4.90 Å². The Labute approximate surface area is 185 Å². The molecule has 1 atom stereocenters. The van der Waals surface area contributed by atoms with Gasteiger partial charge in [0.05, 0.1) is 10.9 Å². The van der Waals surface area contributed by atoms with Crippen molar-refractivity contribution < 1.29 is 13.2 Å². The summed E-state index contributed by atoms with van der Waals surface area (Å²) >= 11 is 0. The molecule has 0 radical (unpaired) electrons. The minimum Gasteiger partial charge on any atom is -0.329 e. The second kappa shape index (κ2) is 8.97. The van der Waals surface area contributed by atoms with Crippen molar-refractivity contribution in [3.63, 3.8) is 0 Å². The fourth-order valence-corrected chi connectivity index (χ4v) is 5.94. The van der Waals surface area contributed by atoms with Crippen LogP contribution >= 0.6 is 0 Å². The maximum Gasteiger partial charge on any atom is 0.247 e. The van der Waals surface area contributed by atoms with Gasteiger partial charge in [0, 0.05) is 25.2 Å². The molecule has 0 aromatic heterocycles. The number of carbonyl (C=O) groups is 1. The second-order valence-corrected chi connectivity index (χ2v) is 10.2. The molecule has 164 valence electrons. The Hall–Kier alpha value is -2.44. The first-order chi connectivity index (χ1) is 15.0. The largest absolute Gasteiger partial charge is 0.329 e. The molecule has 0 bridgehead atoms. The van der Waals surface area contributed by atoms with Crippen molar-refractivity contribution in [2.24, 2.45) is 0 Å². The van der Waals surface area contributed by atoms with Gasteiger partial charge in [-0.25, -0.2) is 8.42 Å². The number of nitrogens with zero attached hydrogens (tertiary/aromatic N) is 2. The van der Waals surface area contributed by atoms with E-state index in [0.29, 0.717) is 19.1 Å². The number of benzene rings is 2. The number of aryl methyl sites for hydroxylation is 1. The standard InChI is InChI=1S/C25H30N2O3S/c1-3-26(4-2)31(29,30)22-15-9-19(10-16-22)11-18-25(28)27(21-13-14-21)24-17-12-20-7-5-6-8-23(20)24/h5-11,15-16,18,21,24H,3-4,12-14,17H2,1-2H3/b18-11+. The molecule has 0 saturated heterocycles. The molecule has 0 aliphatic heterocycles. The highest BCUT2D eigenvalue weighted by Crippen LogP contribution is 2.41.